The fourth-order valence-electron chi connectivity index (χ4n) is 2.65. The fraction of sp³-hybridized carbons (Fsp3) is 0.312. The molecule has 0 radical (unpaired) electrons. The molecule has 0 atom stereocenters. The van der Waals surface area contributed by atoms with Gasteiger partial charge in [0.25, 0.3) is 5.91 Å². The molecule has 1 aromatic carbocycles. The number of anilines is 1. The quantitative estimate of drug-likeness (QED) is 0.561. The average molecular weight is 328 g/mol. The smallest absolute Gasteiger partial charge is 0.277 e. The molecular weight excluding hydrogens is 308 g/mol. The molecule has 0 bridgehead atoms. The van der Waals surface area contributed by atoms with Crippen molar-refractivity contribution in [2.75, 3.05) is 18.8 Å². The van der Waals surface area contributed by atoms with E-state index in [2.05, 4.69) is 55.4 Å². The van der Waals surface area contributed by atoms with Crippen molar-refractivity contribution in [1.29, 1.82) is 0 Å². The van der Waals surface area contributed by atoms with E-state index in [1.807, 2.05) is 12.1 Å². The summed E-state index contributed by atoms with van der Waals surface area (Å²) in [5, 5.41) is 14.1. The summed E-state index contributed by atoms with van der Waals surface area (Å²) in [6, 6.07) is 8.34. The number of nitrogens with two attached hydrogens (primary N) is 1. The van der Waals surface area contributed by atoms with Gasteiger partial charge in [0.15, 0.2) is 0 Å². The van der Waals surface area contributed by atoms with Crippen LogP contribution in [-0.2, 0) is 13.1 Å². The summed E-state index contributed by atoms with van der Waals surface area (Å²) in [5.74, 6) is -0.397. The van der Waals surface area contributed by atoms with E-state index in [0.29, 0.717) is 13.1 Å². The second-order valence-corrected chi connectivity index (χ2v) is 5.39. The Labute approximate surface area is 139 Å². The second-order valence-electron chi connectivity index (χ2n) is 5.39. The molecule has 3 aromatic rings. The van der Waals surface area contributed by atoms with Crippen LogP contribution in [0.2, 0.25) is 0 Å². The number of carbonyl (C=O) groups is 1. The summed E-state index contributed by atoms with van der Waals surface area (Å²) in [4.78, 5) is 11.8. The van der Waals surface area contributed by atoms with Crippen LogP contribution in [0.5, 0.6) is 0 Å². The predicted molar refractivity (Wildman–Crippen MR) is 90.4 cm³/mol. The Balaban J connectivity index is 1.51. The number of nitrogens with zero attached hydrogens (tertiary/aromatic N) is 3. The highest BCUT2D eigenvalue weighted by Gasteiger charge is 2.14. The normalized spacial score (nSPS) is 11.0. The number of nitrogen functional groups attached to an aromatic ring is 1. The van der Waals surface area contributed by atoms with Crippen LogP contribution < -0.4 is 16.4 Å². The molecule has 0 saturated carbocycles. The number of benzene rings is 1. The van der Waals surface area contributed by atoms with Crippen molar-refractivity contribution in [2.45, 2.75) is 20.0 Å². The number of hydrogen-bond acceptors (Lipinski definition) is 6. The molecule has 126 valence electrons. The third kappa shape index (κ3) is 3.23. The van der Waals surface area contributed by atoms with Gasteiger partial charge in [-0.2, -0.15) is 0 Å². The number of fused-ring (bicyclic) bond motifs is 1. The van der Waals surface area contributed by atoms with Gasteiger partial charge in [-0.25, -0.2) is 4.63 Å². The van der Waals surface area contributed by atoms with E-state index in [0.717, 1.165) is 13.1 Å². The highest BCUT2D eigenvalue weighted by molar-refractivity contribution is 5.95. The van der Waals surface area contributed by atoms with Crippen LogP contribution in [0.3, 0.4) is 0 Å². The average Bonchev–Trinajstić information content (AvgIpc) is 3.18. The number of rotatable bonds is 7. The minimum Gasteiger partial charge on any atom is -0.379 e. The first-order chi connectivity index (χ1) is 11.7. The van der Waals surface area contributed by atoms with Gasteiger partial charge in [-0.3, -0.25) is 4.79 Å². The summed E-state index contributed by atoms with van der Waals surface area (Å²) < 4.78 is 6.63. The van der Waals surface area contributed by atoms with Crippen LogP contribution in [-0.4, -0.2) is 33.9 Å². The van der Waals surface area contributed by atoms with Crippen LogP contribution in [0.4, 0.5) is 5.82 Å². The Kier molecular flexibility index (Phi) is 4.76. The minimum absolute atomic E-state index is 0.00663. The van der Waals surface area contributed by atoms with Crippen LogP contribution >= 0.6 is 0 Å². The van der Waals surface area contributed by atoms with E-state index >= 15 is 0 Å². The maximum absolute atomic E-state index is 11.8. The van der Waals surface area contributed by atoms with Gasteiger partial charge in [0.1, 0.15) is 0 Å². The van der Waals surface area contributed by atoms with Crippen LogP contribution in [0.15, 0.2) is 35.1 Å². The van der Waals surface area contributed by atoms with Gasteiger partial charge in [-0.05, 0) is 28.9 Å². The molecule has 3 rings (SSSR count). The van der Waals surface area contributed by atoms with Crippen molar-refractivity contribution in [3.05, 3.63) is 41.7 Å². The molecule has 24 heavy (non-hydrogen) atoms. The summed E-state index contributed by atoms with van der Waals surface area (Å²) >= 11 is 0. The molecule has 8 nitrogen and oxygen atoms in total. The monoisotopic (exact) mass is 328 g/mol. The lowest BCUT2D eigenvalue weighted by atomic mass is 10.2. The van der Waals surface area contributed by atoms with Crippen molar-refractivity contribution in [1.82, 2.24) is 25.5 Å². The molecule has 1 amide bonds. The first kappa shape index (κ1) is 16.0. The first-order valence-corrected chi connectivity index (χ1v) is 7.84. The largest absolute Gasteiger partial charge is 0.379 e. The number of amides is 1. The van der Waals surface area contributed by atoms with Crippen LogP contribution in [0.1, 0.15) is 23.0 Å². The third-order valence-electron chi connectivity index (χ3n) is 3.84. The SMILES string of the molecule is CCn1cc(CNCCNC(=O)c2nonc2N)c2ccccc21. The number of nitrogens with one attached hydrogen (secondary N) is 2. The van der Waals surface area contributed by atoms with E-state index in [4.69, 9.17) is 5.73 Å². The van der Waals surface area contributed by atoms with Gasteiger partial charge in [-0.15, -0.1) is 0 Å². The standard InChI is InChI=1S/C16H20N6O2/c1-2-22-10-11(12-5-3-4-6-13(12)22)9-18-7-8-19-16(23)14-15(17)21-24-20-14/h3-6,10,18H,2,7-9H2,1H3,(H2,17,21)(H,19,23). The Morgan fingerprint density at radius 2 is 2.12 bits per heavy atom. The second kappa shape index (κ2) is 7.14. The molecule has 0 aliphatic carbocycles. The molecule has 8 heteroatoms. The molecule has 0 fully saturated rings. The predicted octanol–water partition coefficient (Wildman–Crippen LogP) is 1.15. The fourth-order valence-corrected chi connectivity index (χ4v) is 2.65. The van der Waals surface area contributed by atoms with Gasteiger partial charge < -0.3 is 20.9 Å². The number of hydrogen-bond donors (Lipinski definition) is 3. The lowest BCUT2D eigenvalue weighted by Gasteiger charge is -2.05. The Morgan fingerprint density at radius 1 is 1.29 bits per heavy atom. The van der Waals surface area contributed by atoms with Crippen molar-refractivity contribution >= 4 is 22.6 Å². The summed E-state index contributed by atoms with van der Waals surface area (Å²) in [6.07, 6.45) is 2.16. The first-order valence-electron chi connectivity index (χ1n) is 7.84. The van der Waals surface area contributed by atoms with Gasteiger partial charge >= 0.3 is 0 Å². The summed E-state index contributed by atoms with van der Waals surface area (Å²) in [7, 11) is 0. The number of aromatic nitrogens is 3. The Hall–Kier alpha value is -2.87. The van der Waals surface area contributed by atoms with Crippen LogP contribution in [0, 0.1) is 0 Å². The number of para-hydroxylation sites is 1. The maximum Gasteiger partial charge on any atom is 0.277 e. The lowest BCUT2D eigenvalue weighted by Crippen LogP contribution is -2.32. The van der Waals surface area contributed by atoms with E-state index < -0.39 is 5.91 Å². The van der Waals surface area contributed by atoms with Crippen molar-refractivity contribution in [2.24, 2.45) is 0 Å². The summed E-state index contributed by atoms with van der Waals surface area (Å²) in [5.41, 5.74) is 7.96. The molecule has 2 aromatic heterocycles. The molecule has 2 heterocycles. The highest BCUT2D eigenvalue weighted by atomic mass is 16.6. The van der Waals surface area contributed by atoms with Gasteiger partial charge in [0.2, 0.25) is 11.5 Å². The zero-order valence-corrected chi connectivity index (χ0v) is 13.5. The van der Waals surface area contributed by atoms with E-state index in [1.54, 1.807) is 0 Å². The van der Waals surface area contributed by atoms with Gasteiger partial charge in [0, 0.05) is 43.3 Å². The zero-order chi connectivity index (χ0) is 16.9. The molecule has 0 saturated heterocycles. The minimum atomic E-state index is -0.391. The topological polar surface area (TPSA) is 111 Å². The van der Waals surface area contributed by atoms with Gasteiger partial charge in [0.05, 0.1) is 0 Å². The molecule has 4 N–H and O–H groups in total. The van der Waals surface area contributed by atoms with Gasteiger partial charge in [-0.1, -0.05) is 18.2 Å². The molecule has 0 unspecified atom stereocenters. The van der Waals surface area contributed by atoms with Crippen molar-refractivity contribution in [3.8, 4) is 0 Å². The van der Waals surface area contributed by atoms with Crippen LogP contribution in [0.25, 0.3) is 10.9 Å². The summed E-state index contributed by atoms with van der Waals surface area (Å²) in [6.45, 7) is 4.88. The molecule has 0 aliphatic heterocycles. The molecule has 0 aliphatic rings. The number of carbonyl (C=O) groups excluding carboxylic acids is 1. The lowest BCUT2D eigenvalue weighted by molar-refractivity contribution is 0.0944. The molecular formula is C16H20N6O2. The van der Waals surface area contributed by atoms with E-state index in [1.165, 1.54) is 16.5 Å². The van der Waals surface area contributed by atoms with Crippen molar-refractivity contribution < 1.29 is 9.42 Å². The molecule has 0 spiro atoms. The Bertz CT molecular complexity index is 838. The maximum atomic E-state index is 11.8. The van der Waals surface area contributed by atoms with Crippen molar-refractivity contribution in [3.63, 3.8) is 0 Å². The number of aryl methyl sites for hydroxylation is 1. The van der Waals surface area contributed by atoms with E-state index in [9.17, 15) is 4.79 Å². The highest BCUT2D eigenvalue weighted by Crippen LogP contribution is 2.20. The van der Waals surface area contributed by atoms with E-state index in [-0.39, 0.29) is 11.5 Å². The third-order valence-corrected chi connectivity index (χ3v) is 3.84. The Morgan fingerprint density at radius 3 is 2.88 bits per heavy atom. The zero-order valence-electron chi connectivity index (χ0n) is 13.5.